The van der Waals surface area contributed by atoms with Crippen molar-refractivity contribution < 1.29 is 24.2 Å². The fourth-order valence-corrected chi connectivity index (χ4v) is 5.77. The van der Waals surface area contributed by atoms with Crippen LogP contribution in [0.5, 0.6) is 0 Å². The molecule has 2 amide bonds. The van der Waals surface area contributed by atoms with Gasteiger partial charge < -0.3 is 14.7 Å². The van der Waals surface area contributed by atoms with E-state index in [2.05, 4.69) is 34.6 Å². The number of rotatable bonds is 6. The summed E-state index contributed by atoms with van der Waals surface area (Å²) in [5.41, 5.74) is 4.57. The van der Waals surface area contributed by atoms with Gasteiger partial charge in [-0.15, -0.1) is 0 Å². The van der Waals surface area contributed by atoms with Gasteiger partial charge in [-0.1, -0.05) is 66.8 Å². The van der Waals surface area contributed by atoms with Crippen molar-refractivity contribution in [2.75, 3.05) is 25.0 Å². The van der Waals surface area contributed by atoms with Gasteiger partial charge in [0.2, 0.25) is 0 Å². The molecular weight excluding hydrogens is 466 g/mol. The molecule has 0 radical (unpaired) electrons. The summed E-state index contributed by atoms with van der Waals surface area (Å²) >= 11 is 1.08. The van der Waals surface area contributed by atoms with Crippen LogP contribution < -0.4 is 5.32 Å². The first-order valence-corrected chi connectivity index (χ1v) is 12.3. The highest BCUT2D eigenvalue weighted by Gasteiger charge is 2.35. The highest BCUT2D eigenvalue weighted by molar-refractivity contribution is 7.17. The van der Waals surface area contributed by atoms with Gasteiger partial charge in [0.15, 0.2) is 5.13 Å². The smallest absolute Gasteiger partial charge is 0.413 e. The van der Waals surface area contributed by atoms with Crippen molar-refractivity contribution in [1.29, 1.82) is 0 Å². The zero-order valence-electron chi connectivity index (χ0n) is 19.1. The molecule has 2 aromatic carbocycles. The van der Waals surface area contributed by atoms with E-state index in [0.29, 0.717) is 18.0 Å². The molecule has 0 saturated carbocycles. The van der Waals surface area contributed by atoms with Crippen molar-refractivity contribution in [3.05, 3.63) is 70.7 Å². The van der Waals surface area contributed by atoms with Crippen LogP contribution in [0, 0.1) is 11.8 Å². The SMILES string of the molecule is CC1CN(C(=O)c2cnc(NC(=O)OCC3c4ccccc4-c4ccccc43)s2)CC1CC(=O)O. The molecule has 2 N–H and O–H groups in total. The molecular formula is C26H25N3O5S. The Morgan fingerprint density at radius 1 is 1.09 bits per heavy atom. The van der Waals surface area contributed by atoms with Crippen LogP contribution in [0.4, 0.5) is 9.93 Å². The average Bonchev–Trinajstić information content (AvgIpc) is 3.53. The lowest BCUT2D eigenvalue weighted by Crippen LogP contribution is -2.28. The lowest BCUT2D eigenvalue weighted by atomic mass is 9.95. The number of anilines is 1. The molecule has 2 unspecified atom stereocenters. The molecule has 2 atom stereocenters. The number of hydrogen-bond acceptors (Lipinski definition) is 6. The van der Waals surface area contributed by atoms with Crippen LogP contribution in [0.25, 0.3) is 11.1 Å². The minimum atomic E-state index is -0.858. The third-order valence-corrected chi connectivity index (χ3v) is 7.66. The minimum Gasteiger partial charge on any atom is -0.481 e. The second kappa shape index (κ2) is 9.50. The van der Waals surface area contributed by atoms with Crippen molar-refractivity contribution >= 4 is 34.4 Å². The Balaban J connectivity index is 1.19. The Labute approximate surface area is 206 Å². The molecule has 180 valence electrons. The quantitative estimate of drug-likeness (QED) is 0.518. The van der Waals surface area contributed by atoms with E-state index >= 15 is 0 Å². The van der Waals surface area contributed by atoms with E-state index in [1.807, 2.05) is 31.2 Å². The van der Waals surface area contributed by atoms with E-state index in [-0.39, 0.29) is 41.8 Å². The van der Waals surface area contributed by atoms with Gasteiger partial charge in [0.25, 0.3) is 5.91 Å². The largest absolute Gasteiger partial charge is 0.481 e. The normalized spacial score (nSPS) is 18.7. The number of amides is 2. The molecule has 1 aliphatic carbocycles. The first-order valence-electron chi connectivity index (χ1n) is 11.5. The van der Waals surface area contributed by atoms with Gasteiger partial charge in [0.1, 0.15) is 11.5 Å². The van der Waals surface area contributed by atoms with Crippen LogP contribution in [0.2, 0.25) is 0 Å². The maximum Gasteiger partial charge on any atom is 0.413 e. The average molecular weight is 492 g/mol. The summed E-state index contributed by atoms with van der Waals surface area (Å²) in [7, 11) is 0. The number of nitrogens with one attached hydrogen (secondary N) is 1. The lowest BCUT2D eigenvalue weighted by Gasteiger charge is -2.14. The van der Waals surface area contributed by atoms with Gasteiger partial charge in [-0.2, -0.15) is 0 Å². The number of carbonyl (C=O) groups excluding carboxylic acids is 2. The van der Waals surface area contributed by atoms with E-state index in [9.17, 15) is 14.4 Å². The number of benzene rings is 2. The number of hydrogen-bond donors (Lipinski definition) is 2. The predicted octanol–water partition coefficient (Wildman–Crippen LogP) is 4.69. The van der Waals surface area contributed by atoms with Crippen molar-refractivity contribution in [2.24, 2.45) is 11.8 Å². The number of ether oxygens (including phenoxy) is 1. The van der Waals surface area contributed by atoms with E-state index < -0.39 is 12.1 Å². The standard InChI is InChI=1S/C26H25N3O5S/c1-15-12-29(13-16(15)10-23(30)31)24(32)22-11-27-25(35-22)28-26(33)34-14-21-19-8-4-2-6-17(19)18-7-3-5-9-20(18)21/h2-9,11,15-16,21H,10,12-14H2,1H3,(H,30,31)(H,27,28,33). The van der Waals surface area contributed by atoms with Gasteiger partial charge in [-0.25, -0.2) is 9.78 Å². The van der Waals surface area contributed by atoms with Crippen molar-refractivity contribution in [3.8, 4) is 11.1 Å². The Bertz CT molecular complexity index is 1240. The summed E-state index contributed by atoms with van der Waals surface area (Å²) in [4.78, 5) is 42.6. The molecule has 1 saturated heterocycles. The molecule has 2 aliphatic rings. The monoisotopic (exact) mass is 491 g/mol. The number of carbonyl (C=O) groups is 3. The molecule has 1 fully saturated rings. The fraction of sp³-hybridized carbons (Fsp3) is 0.308. The van der Waals surface area contributed by atoms with Gasteiger partial charge in [0, 0.05) is 19.0 Å². The summed E-state index contributed by atoms with van der Waals surface area (Å²) in [5.74, 6) is -1.06. The summed E-state index contributed by atoms with van der Waals surface area (Å²) < 4.78 is 5.54. The van der Waals surface area contributed by atoms with Gasteiger partial charge in [-0.3, -0.25) is 14.9 Å². The number of thiazole rings is 1. The third kappa shape index (κ3) is 4.64. The molecule has 9 heteroatoms. The predicted molar refractivity (Wildman–Crippen MR) is 132 cm³/mol. The Morgan fingerprint density at radius 2 is 1.74 bits per heavy atom. The first-order chi connectivity index (χ1) is 16.9. The molecule has 0 bridgehead atoms. The van der Waals surface area contributed by atoms with Crippen molar-refractivity contribution in [2.45, 2.75) is 19.3 Å². The van der Waals surface area contributed by atoms with Crippen molar-refractivity contribution in [3.63, 3.8) is 0 Å². The van der Waals surface area contributed by atoms with Crippen LogP contribution in [0.1, 0.15) is 40.1 Å². The maximum absolute atomic E-state index is 12.9. The molecule has 8 nitrogen and oxygen atoms in total. The maximum atomic E-state index is 12.9. The third-order valence-electron chi connectivity index (χ3n) is 6.76. The van der Waals surface area contributed by atoms with Crippen molar-refractivity contribution in [1.82, 2.24) is 9.88 Å². The number of fused-ring (bicyclic) bond motifs is 3. The number of aromatic nitrogens is 1. The number of likely N-dealkylation sites (tertiary alicyclic amines) is 1. The zero-order valence-corrected chi connectivity index (χ0v) is 20.0. The lowest BCUT2D eigenvalue weighted by molar-refractivity contribution is -0.138. The number of aliphatic carboxylic acids is 1. The van der Waals surface area contributed by atoms with Gasteiger partial charge >= 0.3 is 12.1 Å². The molecule has 0 spiro atoms. The van der Waals surface area contributed by atoms with Crippen LogP contribution >= 0.6 is 11.3 Å². The molecule has 5 rings (SSSR count). The highest BCUT2D eigenvalue weighted by atomic mass is 32.1. The van der Waals surface area contributed by atoms with Crippen LogP contribution in [-0.2, 0) is 9.53 Å². The fourth-order valence-electron chi connectivity index (χ4n) is 5.00. The summed E-state index contributed by atoms with van der Waals surface area (Å²) in [6, 6.07) is 16.2. The van der Waals surface area contributed by atoms with E-state index in [1.165, 1.54) is 6.20 Å². The van der Waals surface area contributed by atoms with Gasteiger partial charge in [0.05, 0.1) is 12.6 Å². The summed E-state index contributed by atoms with van der Waals surface area (Å²) in [5, 5.41) is 12.0. The van der Waals surface area contributed by atoms with Crippen LogP contribution in [0.3, 0.4) is 0 Å². The zero-order chi connectivity index (χ0) is 24.5. The van der Waals surface area contributed by atoms with Crippen LogP contribution in [0.15, 0.2) is 54.7 Å². The highest BCUT2D eigenvalue weighted by Crippen LogP contribution is 2.44. The second-order valence-corrected chi connectivity index (χ2v) is 10.1. The topological polar surface area (TPSA) is 109 Å². The summed E-state index contributed by atoms with van der Waals surface area (Å²) in [6.07, 6.45) is 0.847. The van der Waals surface area contributed by atoms with Gasteiger partial charge in [-0.05, 0) is 34.1 Å². The Kier molecular flexibility index (Phi) is 6.25. The molecule has 1 aromatic heterocycles. The van der Waals surface area contributed by atoms with E-state index in [1.54, 1.807) is 4.90 Å². The number of carboxylic acids is 1. The Morgan fingerprint density at radius 3 is 2.40 bits per heavy atom. The Hall–Kier alpha value is -3.72. The molecule has 3 aromatic rings. The molecule has 2 heterocycles. The first kappa shape index (κ1) is 23.0. The van der Waals surface area contributed by atoms with E-state index in [4.69, 9.17) is 9.84 Å². The number of carboxylic acid groups (broad SMARTS) is 1. The molecule has 35 heavy (non-hydrogen) atoms. The number of nitrogens with zero attached hydrogens (tertiary/aromatic N) is 2. The van der Waals surface area contributed by atoms with E-state index in [0.717, 1.165) is 33.6 Å². The van der Waals surface area contributed by atoms with Crippen LogP contribution in [-0.4, -0.2) is 52.7 Å². The summed E-state index contributed by atoms with van der Waals surface area (Å²) in [6.45, 7) is 3.05. The minimum absolute atomic E-state index is 0.0439. The second-order valence-electron chi connectivity index (χ2n) is 9.03. The molecule has 1 aliphatic heterocycles.